The van der Waals surface area contributed by atoms with E-state index in [1.165, 1.54) is 25.3 Å². The summed E-state index contributed by atoms with van der Waals surface area (Å²) in [5, 5.41) is 12.1. The molecule has 0 aromatic heterocycles. The number of carboxylic acid groups (broad SMARTS) is 1. The van der Waals surface area contributed by atoms with Gasteiger partial charge in [0.15, 0.2) is 0 Å². The molecule has 1 aromatic carbocycles. The lowest BCUT2D eigenvalue weighted by Crippen LogP contribution is -2.56. The maximum atomic E-state index is 12.6. The Morgan fingerprint density at radius 2 is 2.24 bits per heavy atom. The number of nitrogens with one attached hydrogen (secondary N) is 1. The molecule has 0 bridgehead atoms. The van der Waals surface area contributed by atoms with Gasteiger partial charge in [-0.25, -0.2) is 8.42 Å². The van der Waals surface area contributed by atoms with Gasteiger partial charge in [-0.15, -0.1) is 0 Å². The molecule has 1 atom stereocenters. The van der Waals surface area contributed by atoms with Crippen molar-refractivity contribution in [3.8, 4) is 5.75 Å². The molecule has 1 unspecified atom stereocenters. The normalized spacial score (nSPS) is 20.2. The van der Waals surface area contributed by atoms with Crippen LogP contribution in [0.15, 0.2) is 27.6 Å². The zero-order valence-electron chi connectivity index (χ0n) is 11.2. The first-order valence-electron chi connectivity index (χ1n) is 6.17. The van der Waals surface area contributed by atoms with Crippen molar-refractivity contribution in [2.45, 2.75) is 10.9 Å². The minimum atomic E-state index is -3.88. The molecule has 0 radical (unpaired) electrons. The topological polar surface area (TPSA) is 95.9 Å². The number of nitrogens with zero attached hydrogens (tertiary/aromatic N) is 1. The Kier molecular flexibility index (Phi) is 4.87. The van der Waals surface area contributed by atoms with Crippen LogP contribution in [0.4, 0.5) is 0 Å². The van der Waals surface area contributed by atoms with E-state index in [2.05, 4.69) is 21.2 Å². The fraction of sp³-hybridized carbons (Fsp3) is 0.417. The van der Waals surface area contributed by atoms with Gasteiger partial charge in [0.2, 0.25) is 10.0 Å². The molecule has 116 valence electrons. The smallest absolute Gasteiger partial charge is 0.323 e. The first-order valence-corrected chi connectivity index (χ1v) is 8.40. The van der Waals surface area contributed by atoms with Gasteiger partial charge < -0.3 is 15.2 Å². The monoisotopic (exact) mass is 378 g/mol. The summed E-state index contributed by atoms with van der Waals surface area (Å²) >= 11 is 3.23. The molecule has 1 heterocycles. The van der Waals surface area contributed by atoms with Crippen molar-refractivity contribution < 1.29 is 23.1 Å². The summed E-state index contributed by atoms with van der Waals surface area (Å²) in [6.07, 6.45) is 0. The van der Waals surface area contributed by atoms with Crippen molar-refractivity contribution in [1.29, 1.82) is 0 Å². The summed E-state index contributed by atoms with van der Waals surface area (Å²) in [6.45, 7) is 0.620. The van der Waals surface area contributed by atoms with E-state index >= 15 is 0 Å². The molecule has 1 aliphatic heterocycles. The number of ether oxygens (including phenoxy) is 1. The predicted octanol–water partition coefficient (Wildman–Crippen LogP) is 0.505. The number of hydrogen-bond acceptors (Lipinski definition) is 5. The lowest BCUT2D eigenvalue weighted by atomic mass is 10.2. The van der Waals surface area contributed by atoms with Crippen molar-refractivity contribution in [2.75, 3.05) is 26.7 Å². The van der Waals surface area contributed by atoms with Crippen molar-refractivity contribution in [1.82, 2.24) is 9.62 Å². The summed E-state index contributed by atoms with van der Waals surface area (Å²) in [5.74, 6) is -0.664. The number of aliphatic carboxylic acids is 1. The SMILES string of the molecule is COc1ccc(S(=O)(=O)N2CCNCC2C(=O)O)cc1Br. The third-order valence-electron chi connectivity index (χ3n) is 3.21. The lowest BCUT2D eigenvalue weighted by molar-refractivity contribution is -0.141. The first-order chi connectivity index (χ1) is 9.87. The highest BCUT2D eigenvalue weighted by molar-refractivity contribution is 9.10. The number of sulfonamides is 1. The van der Waals surface area contributed by atoms with E-state index < -0.39 is 22.0 Å². The zero-order valence-corrected chi connectivity index (χ0v) is 13.6. The van der Waals surface area contributed by atoms with Gasteiger partial charge in [0, 0.05) is 19.6 Å². The Hall–Kier alpha value is -1.16. The van der Waals surface area contributed by atoms with E-state index in [9.17, 15) is 18.3 Å². The van der Waals surface area contributed by atoms with Crippen LogP contribution in [0.3, 0.4) is 0 Å². The van der Waals surface area contributed by atoms with Crippen molar-refractivity contribution >= 4 is 31.9 Å². The summed E-state index contributed by atoms with van der Waals surface area (Å²) in [7, 11) is -2.40. The van der Waals surface area contributed by atoms with E-state index in [1.54, 1.807) is 0 Å². The second kappa shape index (κ2) is 6.30. The van der Waals surface area contributed by atoms with E-state index in [1.807, 2.05) is 0 Å². The number of methoxy groups -OCH3 is 1. The Balaban J connectivity index is 2.40. The van der Waals surface area contributed by atoms with Crippen LogP contribution in [0.5, 0.6) is 5.75 Å². The number of carboxylic acids is 1. The number of piperazine rings is 1. The zero-order chi connectivity index (χ0) is 15.6. The Morgan fingerprint density at radius 3 is 2.81 bits per heavy atom. The largest absolute Gasteiger partial charge is 0.496 e. The summed E-state index contributed by atoms with van der Waals surface area (Å²) in [6, 6.07) is 3.23. The maximum Gasteiger partial charge on any atom is 0.323 e. The standard InChI is InChI=1S/C12H15BrN2O5S/c1-20-11-3-2-8(6-9(11)13)21(18,19)15-5-4-14-7-10(15)12(16)17/h2-3,6,10,14H,4-5,7H2,1H3,(H,16,17). The average Bonchev–Trinajstić information content (AvgIpc) is 2.47. The number of carbonyl (C=O) groups is 1. The van der Waals surface area contributed by atoms with Gasteiger partial charge in [-0.1, -0.05) is 0 Å². The molecule has 0 saturated carbocycles. The van der Waals surface area contributed by atoms with Gasteiger partial charge in [0.1, 0.15) is 11.8 Å². The van der Waals surface area contributed by atoms with E-state index in [0.29, 0.717) is 16.8 Å². The molecule has 1 aliphatic rings. The molecule has 1 fully saturated rings. The maximum absolute atomic E-state index is 12.6. The molecule has 7 nitrogen and oxygen atoms in total. The molecular formula is C12H15BrN2O5S. The molecule has 0 aliphatic carbocycles. The van der Waals surface area contributed by atoms with Crippen LogP contribution in [0.25, 0.3) is 0 Å². The molecule has 9 heteroatoms. The highest BCUT2D eigenvalue weighted by Gasteiger charge is 2.37. The number of halogens is 1. The van der Waals surface area contributed by atoms with Gasteiger partial charge >= 0.3 is 5.97 Å². The van der Waals surface area contributed by atoms with Crippen LogP contribution in [0.1, 0.15) is 0 Å². The highest BCUT2D eigenvalue weighted by atomic mass is 79.9. The van der Waals surface area contributed by atoms with Crippen LogP contribution in [0, 0.1) is 0 Å². The predicted molar refractivity (Wildman–Crippen MR) is 78.9 cm³/mol. The van der Waals surface area contributed by atoms with Crippen LogP contribution < -0.4 is 10.1 Å². The van der Waals surface area contributed by atoms with Crippen LogP contribution in [-0.2, 0) is 14.8 Å². The highest BCUT2D eigenvalue weighted by Crippen LogP contribution is 2.29. The number of rotatable bonds is 4. The molecular weight excluding hydrogens is 364 g/mol. The van der Waals surface area contributed by atoms with Gasteiger partial charge in [-0.2, -0.15) is 4.31 Å². The minimum absolute atomic E-state index is 0.0309. The molecule has 0 spiro atoms. The third-order valence-corrected chi connectivity index (χ3v) is 5.73. The third kappa shape index (κ3) is 3.20. The Bertz CT molecular complexity index is 649. The second-order valence-electron chi connectivity index (χ2n) is 4.47. The quantitative estimate of drug-likeness (QED) is 0.791. The second-order valence-corrected chi connectivity index (χ2v) is 7.22. The number of benzene rings is 1. The fourth-order valence-electron chi connectivity index (χ4n) is 2.13. The molecule has 2 N–H and O–H groups in total. The Morgan fingerprint density at radius 1 is 1.52 bits per heavy atom. The Labute approximate surface area is 131 Å². The van der Waals surface area contributed by atoms with Crippen LogP contribution >= 0.6 is 15.9 Å². The molecule has 21 heavy (non-hydrogen) atoms. The molecule has 1 aromatic rings. The number of hydrogen-bond donors (Lipinski definition) is 2. The van der Waals surface area contributed by atoms with Crippen molar-refractivity contribution in [2.24, 2.45) is 0 Å². The summed E-state index contributed by atoms with van der Waals surface area (Å²) in [5.41, 5.74) is 0. The fourth-order valence-corrected chi connectivity index (χ4v) is 4.43. The van der Waals surface area contributed by atoms with Crippen molar-refractivity contribution in [3.63, 3.8) is 0 Å². The van der Waals surface area contributed by atoms with Gasteiger partial charge in [0.25, 0.3) is 0 Å². The van der Waals surface area contributed by atoms with Crippen molar-refractivity contribution in [3.05, 3.63) is 22.7 Å². The first kappa shape index (κ1) is 16.2. The minimum Gasteiger partial charge on any atom is -0.496 e. The summed E-state index contributed by atoms with van der Waals surface area (Å²) < 4.78 is 31.8. The van der Waals surface area contributed by atoms with Gasteiger partial charge in [-0.05, 0) is 34.1 Å². The molecule has 0 amide bonds. The summed E-state index contributed by atoms with van der Waals surface area (Å²) in [4.78, 5) is 11.3. The lowest BCUT2D eigenvalue weighted by Gasteiger charge is -2.32. The average molecular weight is 379 g/mol. The van der Waals surface area contributed by atoms with E-state index in [4.69, 9.17) is 4.74 Å². The molecule has 2 rings (SSSR count). The van der Waals surface area contributed by atoms with Crippen LogP contribution in [0.2, 0.25) is 0 Å². The van der Waals surface area contributed by atoms with Gasteiger partial charge in [0.05, 0.1) is 16.5 Å². The van der Waals surface area contributed by atoms with E-state index in [-0.39, 0.29) is 18.0 Å². The van der Waals surface area contributed by atoms with Gasteiger partial charge in [-0.3, -0.25) is 4.79 Å². The molecule has 1 saturated heterocycles. The van der Waals surface area contributed by atoms with Crippen LogP contribution in [-0.4, -0.2) is 56.6 Å². The van der Waals surface area contributed by atoms with E-state index in [0.717, 1.165) is 4.31 Å².